The lowest BCUT2D eigenvalue weighted by Crippen LogP contribution is -2.29. The molecular weight excluding hydrogens is 232 g/mol. The second-order valence-electron chi connectivity index (χ2n) is 3.16. The van der Waals surface area contributed by atoms with E-state index in [1.807, 2.05) is 0 Å². The van der Waals surface area contributed by atoms with Crippen LogP contribution in [0.4, 0.5) is 5.69 Å². The molecule has 1 aromatic carbocycles. The van der Waals surface area contributed by atoms with Gasteiger partial charge in [0.25, 0.3) is 10.1 Å². The van der Waals surface area contributed by atoms with Crippen LogP contribution >= 0.6 is 0 Å². The summed E-state index contributed by atoms with van der Waals surface area (Å²) in [4.78, 5) is 11.7. The monoisotopic (exact) mass is 244 g/mol. The number of hydrogen-bond donors (Lipinski definition) is 1. The fourth-order valence-corrected chi connectivity index (χ4v) is 1.67. The minimum atomic E-state index is -4.03. The molecule has 1 aromatic rings. The predicted octanol–water partition coefficient (Wildman–Crippen LogP) is 1.10. The minimum absolute atomic E-state index is 0.0224. The van der Waals surface area contributed by atoms with Crippen molar-refractivity contribution < 1.29 is 13.0 Å². The van der Waals surface area contributed by atoms with Gasteiger partial charge in [0.15, 0.2) is 6.67 Å². The van der Waals surface area contributed by atoms with Crippen molar-refractivity contribution in [3.05, 3.63) is 35.2 Å². The summed E-state index contributed by atoms with van der Waals surface area (Å²) in [6.07, 6.45) is 0. The fourth-order valence-electron chi connectivity index (χ4n) is 1.22. The van der Waals surface area contributed by atoms with E-state index in [1.165, 1.54) is 4.90 Å². The van der Waals surface area contributed by atoms with Gasteiger partial charge in [-0.1, -0.05) is 18.2 Å². The first-order valence-corrected chi connectivity index (χ1v) is 6.18. The molecule has 0 aromatic heterocycles. The van der Waals surface area contributed by atoms with Crippen molar-refractivity contribution >= 4 is 15.8 Å². The number of para-hydroxylation sites is 1. The maximum Gasteiger partial charge on any atom is 0.266 e. The first kappa shape index (κ1) is 12.6. The lowest BCUT2D eigenvalue weighted by Gasteiger charge is -2.20. The van der Waals surface area contributed by atoms with E-state index in [4.69, 9.17) is 4.55 Å². The SMILES string of the molecule is O=NCN(CCS(=O)(=O)O)c1ccccc1. The van der Waals surface area contributed by atoms with Crippen LogP contribution < -0.4 is 4.90 Å². The van der Waals surface area contributed by atoms with Gasteiger partial charge in [0.05, 0.1) is 5.75 Å². The molecule has 0 aliphatic carbocycles. The molecule has 0 atom stereocenters. The minimum Gasteiger partial charge on any atom is -0.348 e. The molecule has 7 heteroatoms. The molecule has 0 amide bonds. The van der Waals surface area contributed by atoms with Crippen LogP contribution in [-0.4, -0.2) is 31.9 Å². The number of nitroso groups, excluding NO2 is 1. The van der Waals surface area contributed by atoms with Crippen molar-refractivity contribution in [2.45, 2.75) is 0 Å². The van der Waals surface area contributed by atoms with Gasteiger partial charge in [-0.25, -0.2) is 0 Å². The number of rotatable bonds is 6. The summed E-state index contributed by atoms with van der Waals surface area (Å²) in [7, 11) is -4.03. The summed E-state index contributed by atoms with van der Waals surface area (Å²) in [5, 5.41) is 2.71. The average molecular weight is 244 g/mol. The van der Waals surface area contributed by atoms with Crippen LogP contribution in [0.5, 0.6) is 0 Å². The number of anilines is 1. The molecule has 6 nitrogen and oxygen atoms in total. The van der Waals surface area contributed by atoms with Crippen molar-refractivity contribution in [1.82, 2.24) is 0 Å². The van der Waals surface area contributed by atoms with Crippen LogP contribution in [0.25, 0.3) is 0 Å². The first-order chi connectivity index (χ1) is 7.53. The third-order valence-electron chi connectivity index (χ3n) is 1.97. The van der Waals surface area contributed by atoms with Gasteiger partial charge in [0.2, 0.25) is 0 Å². The van der Waals surface area contributed by atoms with E-state index in [9.17, 15) is 13.3 Å². The highest BCUT2D eigenvalue weighted by Crippen LogP contribution is 2.12. The van der Waals surface area contributed by atoms with Crippen molar-refractivity contribution in [2.75, 3.05) is 23.9 Å². The summed E-state index contributed by atoms with van der Waals surface area (Å²) in [6.45, 7) is -0.131. The summed E-state index contributed by atoms with van der Waals surface area (Å²) in [5.41, 5.74) is 0.686. The molecule has 16 heavy (non-hydrogen) atoms. The summed E-state index contributed by atoms with van der Waals surface area (Å²) in [5.74, 6) is -0.433. The van der Waals surface area contributed by atoms with Gasteiger partial charge in [-0.3, -0.25) is 4.55 Å². The maximum atomic E-state index is 10.6. The van der Waals surface area contributed by atoms with Crippen molar-refractivity contribution in [1.29, 1.82) is 0 Å². The molecule has 0 unspecified atom stereocenters. The van der Waals surface area contributed by atoms with E-state index in [0.29, 0.717) is 5.69 Å². The lowest BCUT2D eigenvalue weighted by atomic mass is 10.3. The maximum absolute atomic E-state index is 10.6. The summed E-state index contributed by atoms with van der Waals surface area (Å²) < 4.78 is 29.8. The highest BCUT2D eigenvalue weighted by molar-refractivity contribution is 7.85. The highest BCUT2D eigenvalue weighted by atomic mass is 32.2. The molecule has 0 bridgehead atoms. The molecule has 0 spiro atoms. The van der Waals surface area contributed by atoms with Crippen LogP contribution in [0.2, 0.25) is 0 Å². The van der Waals surface area contributed by atoms with E-state index in [0.717, 1.165) is 0 Å². The summed E-state index contributed by atoms with van der Waals surface area (Å²) >= 11 is 0. The van der Waals surface area contributed by atoms with Crippen LogP contribution in [0, 0.1) is 4.91 Å². The molecule has 0 aliphatic heterocycles. The molecule has 0 saturated carbocycles. The molecule has 0 saturated heterocycles. The van der Waals surface area contributed by atoms with Crippen LogP contribution in [0.3, 0.4) is 0 Å². The van der Waals surface area contributed by atoms with Gasteiger partial charge in [0, 0.05) is 12.2 Å². The van der Waals surface area contributed by atoms with Crippen molar-refractivity contribution in [2.24, 2.45) is 5.18 Å². The second-order valence-corrected chi connectivity index (χ2v) is 4.73. The van der Waals surface area contributed by atoms with Crippen molar-refractivity contribution in [3.63, 3.8) is 0 Å². The smallest absolute Gasteiger partial charge is 0.266 e. The molecule has 0 radical (unpaired) electrons. The van der Waals surface area contributed by atoms with E-state index < -0.39 is 15.9 Å². The molecule has 0 aliphatic rings. The number of hydrogen-bond acceptors (Lipinski definition) is 5. The van der Waals surface area contributed by atoms with Gasteiger partial charge >= 0.3 is 0 Å². The Morgan fingerprint density at radius 3 is 2.38 bits per heavy atom. The molecule has 0 heterocycles. The lowest BCUT2D eigenvalue weighted by molar-refractivity contribution is 0.482. The van der Waals surface area contributed by atoms with Gasteiger partial charge < -0.3 is 4.90 Å². The number of benzene rings is 1. The van der Waals surface area contributed by atoms with Gasteiger partial charge in [-0.05, 0) is 17.3 Å². The van der Waals surface area contributed by atoms with E-state index in [1.54, 1.807) is 30.3 Å². The summed E-state index contributed by atoms with van der Waals surface area (Å²) in [6, 6.07) is 8.80. The van der Waals surface area contributed by atoms with Crippen LogP contribution in [0.1, 0.15) is 0 Å². The van der Waals surface area contributed by atoms with Gasteiger partial charge in [-0.2, -0.15) is 8.42 Å². The first-order valence-electron chi connectivity index (χ1n) is 4.57. The molecular formula is C9H12N2O4S. The Hall–Kier alpha value is -1.47. The molecule has 1 rings (SSSR count). The molecule has 0 fully saturated rings. The second kappa shape index (κ2) is 5.57. The average Bonchev–Trinajstić information content (AvgIpc) is 2.24. The topological polar surface area (TPSA) is 87.0 Å². The van der Waals surface area contributed by atoms with Gasteiger partial charge in [-0.15, -0.1) is 4.91 Å². The van der Waals surface area contributed by atoms with Crippen molar-refractivity contribution in [3.8, 4) is 0 Å². The van der Waals surface area contributed by atoms with E-state index in [2.05, 4.69) is 5.18 Å². The largest absolute Gasteiger partial charge is 0.348 e. The van der Waals surface area contributed by atoms with E-state index in [-0.39, 0.29) is 13.2 Å². The zero-order valence-corrected chi connectivity index (χ0v) is 9.30. The fraction of sp³-hybridized carbons (Fsp3) is 0.333. The third-order valence-corrected chi connectivity index (χ3v) is 2.67. The Morgan fingerprint density at radius 1 is 1.25 bits per heavy atom. The van der Waals surface area contributed by atoms with Crippen LogP contribution in [0.15, 0.2) is 35.5 Å². The highest BCUT2D eigenvalue weighted by Gasteiger charge is 2.11. The third kappa shape index (κ3) is 4.37. The Balaban J connectivity index is 2.72. The molecule has 1 N–H and O–H groups in total. The Kier molecular flexibility index (Phi) is 4.39. The quantitative estimate of drug-likeness (QED) is 0.598. The Morgan fingerprint density at radius 2 is 1.88 bits per heavy atom. The molecule has 88 valence electrons. The zero-order valence-electron chi connectivity index (χ0n) is 8.48. The number of nitrogens with zero attached hydrogens (tertiary/aromatic N) is 2. The van der Waals surface area contributed by atoms with Crippen LogP contribution in [-0.2, 0) is 10.1 Å². The standard InChI is InChI=1S/C9H12N2O4S/c12-10-8-11(6-7-16(13,14)15)9-4-2-1-3-5-9/h1-5H,6-8H2,(H,13,14,15). The predicted molar refractivity (Wildman–Crippen MR) is 60.9 cm³/mol. The Labute approximate surface area is 93.6 Å². The van der Waals surface area contributed by atoms with E-state index >= 15 is 0 Å². The Bertz CT molecular complexity index is 432. The van der Waals surface area contributed by atoms with Gasteiger partial charge in [0.1, 0.15) is 0 Å². The normalized spacial score (nSPS) is 11.1. The zero-order chi connectivity index (χ0) is 12.0.